The number of aliphatic hydroxyl groups excluding tert-OH is 2. The molecule has 0 spiro atoms. The summed E-state index contributed by atoms with van der Waals surface area (Å²) in [6.07, 6.45) is 0.288. The number of rotatable bonds is 6. The molecule has 0 amide bonds. The van der Waals surface area contributed by atoms with Crippen molar-refractivity contribution in [2.45, 2.75) is 63.2 Å². The van der Waals surface area contributed by atoms with E-state index in [9.17, 15) is 14.6 Å². The normalized spacial score (nSPS) is 22.1. The van der Waals surface area contributed by atoms with Crippen molar-refractivity contribution in [3.05, 3.63) is 37.5 Å². The van der Waals surface area contributed by atoms with Gasteiger partial charge in [0.25, 0.3) is 0 Å². The number of nitrogen functional groups attached to an aromatic ring is 2. The van der Waals surface area contributed by atoms with Gasteiger partial charge < -0.3 is 21.7 Å². The highest BCUT2D eigenvalue weighted by Gasteiger charge is 2.45. The summed E-state index contributed by atoms with van der Waals surface area (Å²) < 4.78 is 14.1. The van der Waals surface area contributed by atoms with E-state index in [4.69, 9.17) is 17.3 Å². The van der Waals surface area contributed by atoms with E-state index in [1.165, 1.54) is 17.3 Å². The van der Waals surface area contributed by atoms with Crippen molar-refractivity contribution in [1.82, 2.24) is 9.97 Å². The number of hydrogen-bond acceptors (Lipinski definition) is 9. The molecule has 0 bridgehead atoms. The zero-order valence-corrected chi connectivity index (χ0v) is 18.8. The summed E-state index contributed by atoms with van der Waals surface area (Å²) in [6, 6.07) is -0.939. The van der Waals surface area contributed by atoms with Crippen molar-refractivity contribution < 1.29 is 14.6 Å². The van der Waals surface area contributed by atoms with Gasteiger partial charge in [-0.3, -0.25) is 5.01 Å². The van der Waals surface area contributed by atoms with Gasteiger partial charge in [-0.05, 0) is 20.3 Å². The molecule has 4 atom stereocenters. The summed E-state index contributed by atoms with van der Waals surface area (Å²) in [5.74, 6) is 6.87. The van der Waals surface area contributed by atoms with E-state index in [2.05, 4.69) is 29.7 Å². The monoisotopic (exact) mass is 442 g/mol. The highest BCUT2D eigenvalue weighted by molar-refractivity contribution is 7.99. The number of thioether (sulfide) groups is 1. The van der Waals surface area contributed by atoms with Gasteiger partial charge in [-0.15, -0.1) is 13.2 Å². The van der Waals surface area contributed by atoms with Gasteiger partial charge in [-0.1, -0.05) is 43.0 Å². The van der Waals surface area contributed by atoms with Crippen LogP contribution in [0.4, 0.5) is 21.7 Å². The lowest BCUT2D eigenvalue weighted by Crippen LogP contribution is -2.47. The van der Waals surface area contributed by atoms with Crippen LogP contribution in [0.15, 0.2) is 42.6 Å². The Morgan fingerprint density at radius 2 is 1.90 bits per heavy atom. The highest BCUT2D eigenvalue weighted by Crippen LogP contribution is 2.33. The van der Waals surface area contributed by atoms with Gasteiger partial charge in [0.15, 0.2) is 23.0 Å². The first-order valence-corrected chi connectivity index (χ1v) is 10.5. The largest absolute Gasteiger partial charge is 0.393 e. The molecule has 170 valence electrons. The minimum Gasteiger partial charge on any atom is -0.393 e. The number of allylic oxidation sites excluding steroid dienone is 3. The average molecular weight is 443 g/mol. The molecule has 1 aliphatic rings. The molecule has 1 aliphatic carbocycles. The van der Waals surface area contributed by atoms with Crippen LogP contribution in [0.25, 0.3) is 0 Å². The maximum atomic E-state index is 14.1. The SMILES string of the molecule is C=C.C=CC=C(C)C.CCCSc1nc(N)c(N)c(N(N)C2C[C@H](O)C(O)C2F)n1. The van der Waals surface area contributed by atoms with Crippen molar-refractivity contribution in [3.63, 3.8) is 0 Å². The first kappa shape index (κ1) is 27.9. The van der Waals surface area contributed by atoms with Crippen LogP contribution in [0.5, 0.6) is 0 Å². The predicted octanol–water partition coefficient (Wildman–Crippen LogP) is 2.60. The number of nitrogens with two attached hydrogens (primary N) is 3. The Kier molecular flexibility index (Phi) is 13.0. The first-order valence-electron chi connectivity index (χ1n) is 9.49. The molecule has 3 unspecified atom stereocenters. The molecule has 0 radical (unpaired) electrons. The zero-order valence-electron chi connectivity index (χ0n) is 18.0. The quantitative estimate of drug-likeness (QED) is 0.112. The summed E-state index contributed by atoms with van der Waals surface area (Å²) in [7, 11) is 0. The number of hydrazine groups is 1. The Morgan fingerprint density at radius 3 is 2.30 bits per heavy atom. The van der Waals surface area contributed by atoms with Gasteiger partial charge in [-0.2, -0.15) is 0 Å². The Balaban J connectivity index is 0.000000905. The van der Waals surface area contributed by atoms with Crippen LogP contribution in [0.2, 0.25) is 0 Å². The zero-order chi connectivity index (χ0) is 23.4. The number of nitrogens with zero attached hydrogens (tertiary/aromatic N) is 3. The number of aliphatic hydroxyl groups is 2. The molecule has 0 aliphatic heterocycles. The maximum Gasteiger partial charge on any atom is 0.191 e. The molecule has 1 aromatic rings. The molecule has 1 saturated carbocycles. The van der Waals surface area contributed by atoms with Gasteiger partial charge >= 0.3 is 0 Å². The van der Waals surface area contributed by atoms with Crippen LogP contribution in [0, 0.1) is 0 Å². The summed E-state index contributed by atoms with van der Waals surface area (Å²) in [5, 5.41) is 20.5. The molecule has 8 N–H and O–H groups in total. The van der Waals surface area contributed by atoms with Crippen LogP contribution >= 0.6 is 11.8 Å². The second kappa shape index (κ2) is 14.0. The predicted molar refractivity (Wildman–Crippen MR) is 125 cm³/mol. The van der Waals surface area contributed by atoms with E-state index in [1.54, 1.807) is 6.08 Å². The molecule has 0 aromatic carbocycles. The lowest BCUT2D eigenvalue weighted by atomic mass is 10.2. The second-order valence-electron chi connectivity index (χ2n) is 6.67. The van der Waals surface area contributed by atoms with Crippen molar-refractivity contribution in [3.8, 4) is 0 Å². The van der Waals surface area contributed by atoms with Crippen molar-refractivity contribution >= 4 is 29.1 Å². The van der Waals surface area contributed by atoms with Gasteiger partial charge in [0.1, 0.15) is 11.8 Å². The van der Waals surface area contributed by atoms with Crippen LogP contribution < -0.4 is 22.3 Å². The molecule has 2 rings (SSSR count). The van der Waals surface area contributed by atoms with E-state index in [1.807, 2.05) is 26.8 Å². The summed E-state index contributed by atoms with van der Waals surface area (Å²) in [4.78, 5) is 8.28. The van der Waals surface area contributed by atoms with E-state index in [0.29, 0.717) is 5.16 Å². The van der Waals surface area contributed by atoms with Crippen LogP contribution in [0.3, 0.4) is 0 Å². The molecule has 0 saturated heterocycles. The van der Waals surface area contributed by atoms with Crippen molar-refractivity contribution in [2.75, 3.05) is 22.2 Å². The maximum absolute atomic E-state index is 14.1. The molecule has 8 nitrogen and oxygen atoms in total. The molecular weight excluding hydrogens is 407 g/mol. The lowest BCUT2D eigenvalue weighted by Gasteiger charge is -2.27. The minimum atomic E-state index is -1.71. The summed E-state index contributed by atoms with van der Waals surface area (Å²) >= 11 is 1.39. The third-order valence-corrected chi connectivity index (χ3v) is 5.05. The standard InChI is InChI=1S/C12H21FN6O2S.C6H10.C2H4/c1-2-3-22-12-17-10(15)8(14)11(18-12)19(16)5-4-6(20)9(21)7(5)13;1-4-5-6(2)3;1-2/h5-7,9,20-21H,2-4,14,16H2,1H3,(H2,15,17,18);4-5H,1H2,2-3H3;1-2H2/t5?,6-,7?,9?;;/m0../s1. The number of hydrogen-bond donors (Lipinski definition) is 5. The van der Waals surface area contributed by atoms with Crippen LogP contribution in [-0.2, 0) is 0 Å². The van der Waals surface area contributed by atoms with Crippen molar-refractivity contribution in [2.24, 2.45) is 5.84 Å². The fraction of sp³-hybridized carbons (Fsp3) is 0.500. The average Bonchev–Trinajstić information content (AvgIpc) is 2.97. The van der Waals surface area contributed by atoms with E-state index in [-0.39, 0.29) is 23.7 Å². The Bertz CT molecular complexity index is 702. The molecule has 1 aromatic heterocycles. The van der Waals surface area contributed by atoms with Gasteiger partial charge in [0, 0.05) is 12.2 Å². The number of anilines is 3. The summed E-state index contributed by atoms with van der Waals surface area (Å²) in [6.45, 7) is 15.6. The first-order chi connectivity index (χ1) is 14.1. The van der Waals surface area contributed by atoms with E-state index in [0.717, 1.165) is 17.2 Å². The summed E-state index contributed by atoms with van der Waals surface area (Å²) in [5.41, 5.74) is 12.9. The van der Waals surface area contributed by atoms with Crippen LogP contribution in [-0.4, -0.2) is 50.4 Å². The fourth-order valence-corrected chi connectivity index (χ4v) is 3.23. The number of halogens is 1. The van der Waals surface area contributed by atoms with Gasteiger partial charge in [-0.25, -0.2) is 20.2 Å². The lowest BCUT2D eigenvalue weighted by molar-refractivity contribution is 0.00939. The third-order valence-electron chi connectivity index (χ3n) is 3.99. The Labute approximate surface area is 182 Å². The highest BCUT2D eigenvalue weighted by atomic mass is 32.2. The van der Waals surface area contributed by atoms with Gasteiger partial charge in [0.05, 0.1) is 12.1 Å². The van der Waals surface area contributed by atoms with E-state index >= 15 is 0 Å². The van der Waals surface area contributed by atoms with E-state index < -0.39 is 24.4 Å². The minimum absolute atomic E-state index is 0.0282. The van der Waals surface area contributed by atoms with Crippen molar-refractivity contribution in [1.29, 1.82) is 0 Å². The molecule has 1 fully saturated rings. The molecule has 10 heteroatoms. The fourth-order valence-electron chi connectivity index (χ4n) is 2.52. The molecular formula is C20H35FN6O2S. The Morgan fingerprint density at radius 1 is 1.30 bits per heavy atom. The van der Waals surface area contributed by atoms with Crippen LogP contribution in [0.1, 0.15) is 33.6 Å². The van der Waals surface area contributed by atoms with Gasteiger partial charge in [0.2, 0.25) is 0 Å². The Hall–Kier alpha value is -2.14. The molecule has 30 heavy (non-hydrogen) atoms. The number of aromatic nitrogens is 2. The second-order valence-corrected chi connectivity index (χ2v) is 7.73. The third kappa shape index (κ3) is 7.94. The topological polar surface area (TPSA) is 148 Å². The number of alkyl halides is 1. The smallest absolute Gasteiger partial charge is 0.191 e. The molecule has 1 heterocycles.